The first kappa shape index (κ1) is 16.7. The number of unbranched alkanes of at least 4 members (excludes halogenated alkanes) is 1. The summed E-state index contributed by atoms with van der Waals surface area (Å²) in [5.41, 5.74) is 1.16. The molecule has 0 saturated carbocycles. The molecule has 122 valence electrons. The molecule has 0 spiro atoms. The van der Waals surface area contributed by atoms with Crippen molar-refractivity contribution >= 4 is 17.3 Å². The first-order valence-electron chi connectivity index (χ1n) is 7.36. The highest BCUT2D eigenvalue weighted by Crippen LogP contribution is 2.38. The molecular formula is C17H19NO5. The second kappa shape index (κ2) is 7.09. The summed E-state index contributed by atoms with van der Waals surface area (Å²) in [7, 11) is 2.83. The second-order valence-electron chi connectivity index (χ2n) is 5.12. The summed E-state index contributed by atoms with van der Waals surface area (Å²) >= 11 is 0. The van der Waals surface area contributed by atoms with E-state index in [2.05, 4.69) is 5.16 Å². The summed E-state index contributed by atoms with van der Waals surface area (Å²) in [5.74, 6) is -0.176. The van der Waals surface area contributed by atoms with Crippen molar-refractivity contribution in [2.45, 2.75) is 26.2 Å². The van der Waals surface area contributed by atoms with Gasteiger partial charge in [-0.3, -0.25) is 9.59 Å². The number of oxime groups is 1. The van der Waals surface area contributed by atoms with E-state index in [4.69, 9.17) is 9.47 Å². The molecule has 0 atom stereocenters. The molecule has 1 aliphatic rings. The van der Waals surface area contributed by atoms with Crippen molar-refractivity contribution in [3.05, 3.63) is 34.9 Å². The van der Waals surface area contributed by atoms with E-state index < -0.39 is 0 Å². The van der Waals surface area contributed by atoms with Gasteiger partial charge in [0.15, 0.2) is 11.6 Å². The Bertz CT molecular complexity index is 703. The van der Waals surface area contributed by atoms with Crippen LogP contribution in [-0.2, 0) is 0 Å². The number of hydrogen-bond acceptors (Lipinski definition) is 6. The van der Waals surface area contributed by atoms with E-state index >= 15 is 0 Å². The molecule has 6 nitrogen and oxygen atoms in total. The topological polar surface area (TPSA) is 85.2 Å². The third-order valence-electron chi connectivity index (χ3n) is 3.75. The Balaban J connectivity index is 2.73. The Morgan fingerprint density at radius 1 is 1.13 bits per heavy atom. The van der Waals surface area contributed by atoms with Crippen LogP contribution in [0, 0.1) is 0 Å². The molecule has 23 heavy (non-hydrogen) atoms. The summed E-state index contributed by atoms with van der Waals surface area (Å²) < 4.78 is 10.6. The maximum absolute atomic E-state index is 12.3. The lowest BCUT2D eigenvalue weighted by Gasteiger charge is -2.20. The zero-order valence-electron chi connectivity index (χ0n) is 13.4. The number of ketones is 2. The van der Waals surface area contributed by atoms with Gasteiger partial charge in [0, 0.05) is 5.56 Å². The number of ether oxygens (including phenoxy) is 2. The lowest BCUT2D eigenvalue weighted by atomic mass is 9.89. The van der Waals surface area contributed by atoms with Crippen molar-refractivity contribution in [1.29, 1.82) is 0 Å². The Hall–Kier alpha value is -2.63. The van der Waals surface area contributed by atoms with Crippen molar-refractivity contribution in [2.75, 3.05) is 14.2 Å². The summed E-state index contributed by atoms with van der Waals surface area (Å²) in [4.78, 5) is 24.4. The van der Waals surface area contributed by atoms with Gasteiger partial charge in [-0.15, -0.1) is 0 Å². The summed E-state index contributed by atoms with van der Waals surface area (Å²) in [5, 5.41) is 12.7. The molecule has 0 saturated heterocycles. The van der Waals surface area contributed by atoms with Crippen LogP contribution < -0.4 is 9.47 Å². The van der Waals surface area contributed by atoms with Crippen LogP contribution in [0.15, 0.2) is 23.4 Å². The molecule has 1 aliphatic carbocycles. The Morgan fingerprint density at radius 3 is 2.30 bits per heavy atom. The van der Waals surface area contributed by atoms with E-state index in [1.54, 1.807) is 6.07 Å². The van der Waals surface area contributed by atoms with Crippen LogP contribution in [0.25, 0.3) is 0 Å². The van der Waals surface area contributed by atoms with Crippen LogP contribution in [0.2, 0.25) is 0 Å². The fourth-order valence-corrected chi connectivity index (χ4v) is 2.61. The number of carbonyl (C=O) groups excluding carboxylic acids is 2. The Labute approximate surface area is 134 Å². The average molecular weight is 317 g/mol. The van der Waals surface area contributed by atoms with Gasteiger partial charge in [-0.2, -0.15) is 0 Å². The number of carbonyl (C=O) groups is 2. The van der Waals surface area contributed by atoms with E-state index in [0.29, 0.717) is 17.7 Å². The molecule has 1 N–H and O–H groups in total. The van der Waals surface area contributed by atoms with E-state index in [-0.39, 0.29) is 34.2 Å². The van der Waals surface area contributed by atoms with Gasteiger partial charge in [0.05, 0.1) is 31.1 Å². The van der Waals surface area contributed by atoms with E-state index in [1.165, 1.54) is 26.4 Å². The predicted octanol–water partition coefficient (Wildman–Crippen LogP) is 3.01. The third-order valence-corrected chi connectivity index (χ3v) is 3.75. The maximum atomic E-state index is 12.3. The lowest BCUT2D eigenvalue weighted by molar-refractivity contribution is 0.0989. The largest absolute Gasteiger partial charge is 0.496 e. The van der Waals surface area contributed by atoms with Crippen LogP contribution in [-0.4, -0.2) is 36.7 Å². The van der Waals surface area contributed by atoms with E-state index in [1.807, 2.05) is 6.92 Å². The highest BCUT2D eigenvalue weighted by molar-refractivity contribution is 6.25. The minimum absolute atomic E-state index is 0.145. The van der Waals surface area contributed by atoms with Gasteiger partial charge in [0.25, 0.3) is 0 Å². The van der Waals surface area contributed by atoms with Crippen molar-refractivity contribution in [2.24, 2.45) is 5.16 Å². The minimum atomic E-state index is -0.343. The van der Waals surface area contributed by atoms with Gasteiger partial charge in [0.2, 0.25) is 0 Å². The molecule has 0 fully saturated rings. The van der Waals surface area contributed by atoms with Gasteiger partial charge >= 0.3 is 0 Å². The van der Waals surface area contributed by atoms with E-state index in [0.717, 1.165) is 12.8 Å². The summed E-state index contributed by atoms with van der Waals surface area (Å²) in [6, 6.07) is 1.58. The third kappa shape index (κ3) is 2.97. The molecule has 0 bridgehead atoms. The van der Waals surface area contributed by atoms with E-state index in [9.17, 15) is 14.8 Å². The summed E-state index contributed by atoms with van der Waals surface area (Å²) in [6.07, 6.45) is 4.67. The van der Waals surface area contributed by atoms with Gasteiger partial charge in [-0.1, -0.05) is 18.5 Å². The van der Waals surface area contributed by atoms with Crippen molar-refractivity contribution in [3.63, 3.8) is 0 Å². The monoisotopic (exact) mass is 317 g/mol. The number of nitrogens with zero attached hydrogens (tertiary/aromatic N) is 1. The minimum Gasteiger partial charge on any atom is -0.496 e. The van der Waals surface area contributed by atoms with Gasteiger partial charge in [-0.25, -0.2) is 0 Å². The molecule has 2 rings (SSSR count). The molecule has 1 aromatic rings. The quantitative estimate of drug-likeness (QED) is 0.495. The van der Waals surface area contributed by atoms with Crippen molar-refractivity contribution in [1.82, 2.24) is 0 Å². The smallest absolute Gasteiger partial charge is 0.190 e. The number of fused-ring (bicyclic) bond motifs is 1. The van der Waals surface area contributed by atoms with Crippen molar-refractivity contribution in [3.8, 4) is 11.5 Å². The Kier molecular flexibility index (Phi) is 5.16. The number of rotatable bonds is 6. The molecule has 0 aliphatic heterocycles. The van der Waals surface area contributed by atoms with Crippen molar-refractivity contribution < 1.29 is 24.3 Å². The summed E-state index contributed by atoms with van der Waals surface area (Å²) in [6.45, 7) is 2.02. The average Bonchev–Trinajstić information content (AvgIpc) is 2.57. The highest BCUT2D eigenvalue weighted by atomic mass is 16.5. The van der Waals surface area contributed by atoms with Crippen LogP contribution in [0.3, 0.4) is 0 Å². The molecule has 1 aromatic carbocycles. The molecule has 0 amide bonds. The number of methoxy groups -OCH3 is 2. The van der Waals surface area contributed by atoms with Crippen LogP contribution in [0.5, 0.6) is 11.5 Å². The first-order chi connectivity index (χ1) is 11.1. The fraction of sp³-hybridized carbons (Fsp3) is 0.353. The number of benzene rings is 1. The SMILES string of the molecule is CCCCC(=NO)c1cc(OC)c2c(c1OC)C(=O)C=CC2=O. The van der Waals surface area contributed by atoms with Crippen LogP contribution >= 0.6 is 0 Å². The maximum Gasteiger partial charge on any atom is 0.190 e. The first-order valence-corrected chi connectivity index (χ1v) is 7.36. The van der Waals surface area contributed by atoms with Crippen LogP contribution in [0.1, 0.15) is 52.5 Å². The zero-order valence-corrected chi connectivity index (χ0v) is 13.4. The fourth-order valence-electron chi connectivity index (χ4n) is 2.61. The standard InChI is InChI=1S/C17H19NO5/c1-4-5-6-11(18-21)10-9-14(22-2)15-12(19)7-8-13(20)16(15)17(10)23-3/h7-9,21H,4-6H2,1-3H3. The normalized spacial score (nSPS) is 14.0. The van der Waals surface area contributed by atoms with Gasteiger partial charge < -0.3 is 14.7 Å². The zero-order chi connectivity index (χ0) is 17.0. The molecule has 0 radical (unpaired) electrons. The molecule has 0 heterocycles. The Morgan fingerprint density at radius 2 is 1.78 bits per heavy atom. The predicted molar refractivity (Wildman–Crippen MR) is 85.2 cm³/mol. The molecular weight excluding hydrogens is 298 g/mol. The molecule has 0 aromatic heterocycles. The molecule has 6 heteroatoms. The number of allylic oxidation sites excluding steroid dienone is 2. The number of hydrogen-bond donors (Lipinski definition) is 1. The lowest BCUT2D eigenvalue weighted by Crippen LogP contribution is -2.17. The molecule has 0 unspecified atom stereocenters. The second-order valence-corrected chi connectivity index (χ2v) is 5.12. The highest BCUT2D eigenvalue weighted by Gasteiger charge is 2.30. The van der Waals surface area contributed by atoms with Crippen LogP contribution in [0.4, 0.5) is 0 Å². The van der Waals surface area contributed by atoms with Gasteiger partial charge in [-0.05, 0) is 31.1 Å². The van der Waals surface area contributed by atoms with Gasteiger partial charge in [0.1, 0.15) is 11.5 Å².